The molecule has 0 radical (unpaired) electrons. The van der Waals surface area contributed by atoms with Crippen LogP contribution in [0.4, 0.5) is 4.39 Å². The van der Waals surface area contributed by atoms with Crippen molar-refractivity contribution in [3.8, 4) is 0 Å². The minimum absolute atomic E-state index is 0.0158. The van der Waals surface area contributed by atoms with E-state index in [0.717, 1.165) is 38.3 Å². The molecule has 1 atom stereocenters. The Balaban J connectivity index is 2.05. The summed E-state index contributed by atoms with van der Waals surface area (Å²) in [6.45, 7) is 7.68. The van der Waals surface area contributed by atoms with Gasteiger partial charge in [0.1, 0.15) is 5.82 Å². The van der Waals surface area contributed by atoms with Crippen LogP contribution >= 0.6 is 15.9 Å². The highest BCUT2D eigenvalue weighted by Gasteiger charge is 2.34. The molecular weight excluding hydrogens is 323 g/mol. The van der Waals surface area contributed by atoms with Crippen LogP contribution < -0.4 is 5.73 Å². The Hall–Kier alpha value is -0.490. The lowest BCUT2D eigenvalue weighted by molar-refractivity contribution is -0.0186. The van der Waals surface area contributed by atoms with Crippen LogP contribution in [0.2, 0.25) is 0 Å². The summed E-state index contributed by atoms with van der Waals surface area (Å²) in [6.07, 6.45) is 0.725. The van der Waals surface area contributed by atoms with E-state index in [9.17, 15) is 4.39 Å². The second kappa shape index (κ2) is 6.52. The summed E-state index contributed by atoms with van der Waals surface area (Å²) in [7, 11) is 0. The number of rotatable bonds is 4. The molecule has 0 aromatic heterocycles. The van der Waals surface area contributed by atoms with Crippen LogP contribution in [0.5, 0.6) is 0 Å². The zero-order valence-corrected chi connectivity index (χ0v) is 13.6. The van der Waals surface area contributed by atoms with E-state index in [1.165, 1.54) is 6.07 Å². The molecule has 2 N–H and O–H groups in total. The number of hydrogen-bond acceptors (Lipinski definition) is 3. The van der Waals surface area contributed by atoms with E-state index in [1.807, 2.05) is 6.07 Å². The molecule has 1 aliphatic heterocycles. The summed E-state index contributed by atoms with van der Waals surface area (Å²) >= 11 is 3.22. The second-order valence-electron chi connectivity index (χ2n) is 5.81. The summed E-state index contributed by atoms with van der Waals surface area (Å²) in [4.78, 5) is 2.37. The zero-order chi connectivity index (χ0) is 14.8. The van der Waals surface area contributed by atoms with Gasteiger partial charge in [-0.2, -0.15) is 0 Å². The van der Waals surface area contributed by atoms with Gasteiger partial charge in [0.2, 0.25) is 0 Å². The van der Waals surface area contributed by atoms with Gasteiger partial charge < -0.3 is 10.5 Å². The van der Waals surface area contributed by atoms with Crippen molar-refractivity contribution in [2.24, 2.45) is 5.73 Å². The molecule has 0 spiro atoms. The monoisotopic (exact) mass is 344 g/mol. The van der Waals surface area contributed by atoms with Crippen LogP contribution in [0, 0.1) is 5.82 Å². The molecule has 1 fully saturated rings. The van der Waals surface area contributed by atoms with E-state index in [-0.39, 0.29) is 17.4 Å². The van der Waals surface area contributed by atoms with Gasteiger partial charge >= 0.3 is 0 Å². The predicted molar refractivity (Wildman–Crippen MR) is 82.3 cm³/mol. The van der Waals surface area contributed by atoms with Crippen molar-refractivity contribution in [1.82, 2.24) is 4.90 Å². The Bertz CT molecular complexity index is 461. The molecule has 1 unspecified atom stereocenters. The highest BCUT2D eigenvalue weighted by atomic mass is 79.9. The quantitative estimate of drug-likeness (QED) is 0.912. The minimum atomic E-state index is -0.241. The van der Waals surface area contributed by atoms with Gasteiger partial charge in [-0.15, -0.1) is 0 Å². The van der Waals surface area contributed by atoms with Crippen molar-refractivity contribution in [1.29, 1.82) is 0 Å². The van der Waals surface area contributed by atoms with Crippen LogP contribution in [0.1, 0.15) is 19.4 Å². The van der Waals surface area contributed by atoms with Crippen molar-refractivity contribution < 1.29 is 9.13 Å². The highest BCUT2D eigenvalue weighted by molar-refractivity contribution is 9.10. The molecular formula is C15H22BrFN2O. The van der Waals surface area contributed by atoms with E-state index < -0.39 is 0 Å². The van der Waals surface area contributed by atoms with Crippen LogP contribution in [0.25, 0.3) is 0 Å². The molecule has 2 rings (SSSR count). The Kier molecular flexibility index (Phi) is 5.18. The van der Waals surface area contributed by atoms with E-state index in [1.54, 1.807) is 6.07 Å². The van der Waals surface area contributed by atoms with Gasteiger partial charge in [0.15, 0.2) is 0 Å². The number of halogens is 2. The van der Waals surface area contributed by atoms with E-state index >= 15 is 0 Å². The van der Waals surface area contributed by atoms with Crippen molar-refractivity contribution in [2.45, 2.75) is 31.8 Å². The molecule has 1 aliphatic rings. The second-order valence-corrected chi connectivity index (χ2v) is 6.67. The molecule has 112 valence electrons. The lowest BCUT2D eigenvalue weighted by Gasteiger charge is -2.44. The van der Waals surface area contributed by atoms with Gasteiger partial charge in [0.25, 0.3) is 0 Å². The molecule has 20 heavy (non-hydrogen) atoms. The lowest BCUT2D eigenvalue weighted by Crippen LogP contribution is -2.59. The normalized spacial score (nSPS) is 19.1. The molecule has 1 saturated heterocycles. The highest BCUT2D eigenvalue weighted by Crippen LogP contribution is 2.24. The van der Waals surface area contributed by atoms with Crippen LogP contribution in [0.15, 0.2) is 22.7 Å². The predicted octanol–water partition coefficient (Wildman–Crippen LogP) is 2.57. The Morgan fingerprint density at radius 3 is 2.65 bits per heavy atom. The fourth-order valence-corrected chi connectivity index (χ4v) is 2.97. The van der Waals surface area contributed by atoms with Gasteiger partial charge in [0.05, 0.1) is 17.7 Å². The summed E-state index contributed by atoms with van der Waals surface area (Å²) in [6, 6.07) is 5.08. The topological polar surface area (TPSA) is 38.5 Å². The fourth-order valence-electron chi connectivity index (χ4n) is 2.54. The van der Waals surface area contributed by atoms with Gasteiger partial charge in [-0.1, -0.05) is 6.07 Å². The fraction of sp³-hybridized carbons (Fsp3) is 0.600. The molecule has 1 aromatic carbocycles. The number of benzene rings is 1. The molecule has 0 amide bonds. The smallest absolute Gasteiger partial charge is 0.137 e. The number of nitrogens with zero attached hydrogens (tertiary/aromatic N) is 1. The lowest BCUT2D eigenvalue weighted by atomic mass is 9.88. The third kappa shape index (κ3) is 3.58. The Labute approximate surface area is 128 Å². The van der Waals surface area contributed by atoms with Crippen molar-refractivity contribution in [2.75, 3.05) is 26.3 Å². The maximum atomic E-state index is 13.3. The maximum Gasteiger partial charge on any atom is 0.137 e. The summed E-state index contributed by atoms with van der Waals surface area (Å²) in [5.74, 6) is -0.241. The Morgan fingerprint density at radius 1 is 1.40 bits per heavy atom. The SMILES string of the molecule is CC(C)(C(N)Cc1ccc(F)c(Br)c1)N1CCOCC1. The summed E-state index contributed by atoms with van der Waals surface area (Å²) in [5, 5.41) is 0. The van der Waals surface area contributed by atoms with Crippen LogP contribution in [-0.2, 0) is 11.2 Å². The first-order chi connectivity index (χ1) is 9.41. The van der Waals surface area contributed by atoms with Gasteiger partial charge in [-0.3, -0.25) is 4.90 Å². The molecule has 0 aliphatic carbocycles. The van der Waals surface area contributed by atoms with E-state index in [0.29, 0.717) is 4.47 Å². The molecule has 1 aromatic rings. The minimum Gasteiger partial charge on any atom is -0.379 e. The van der Waals surface area contributed by atoms with Crippen LogP contribution in [0.3, 0.4) is 0 Å². The van der Waals surface area contributed by atoms with Gasteiger partial charge in [0, 0.05) is 24.7 Å². The number of nitrogens with two attached hydrogens (primary N) is 1. The van der Waals surface area contributed by atoms with E-state index in [2.05, 4.69) is 34.7 Å². The summed E-state index contributed by atoms with van der Waals surface area (Å²) in [5.41, 5.74) is 7.35. The third-order valence-corrected chi connectivity index (χ3v) is 4.78. The van der Waals surface area contributed by atoms with Crippen molar-refractivity contribution in [3.05, 3.63) is 34.1 Å². The molecule has 5 heteroatoms. The average Bonchev–Trinajstić information content (AvgIpc) is 2.44. The zero-order valence-electron chi connectivity index (χ0n) is 12.0. The standard InChI is InChI=1S/C15H22BrFN2O/c1-15(2,19-5-7-20-8-6-19)14(18)10-11-3-4-13(17)12(16)9-11/h3-4,9,14H,5-8,10,18H2,1-2H3. The molecule has 3 nitrogen and oxygen atoms in total. The van der Waals surface area contributed by atoms with Gasteiger partial charge in [-0.05, 0) is 53.9 Å². The number of morpholine rings is 1. The van der Waals surface area contributed by atoms with Gasteiger partial charge in [-0.25, -0.2) is 4.39 Å². The summed E-state index contributed by atoms with van der Waals surface area (Å²) < 4.78 is 19.1. The average molecular weight is 345 g/mol. The molecule has 0 saturated carbocycles. The largest absolute Gasteiger partial charge is 0.379 e. The number of hydrogen-bond donors (Lipinski definition) is 1. The molecule has 1 heterocycles. The first-order valence-corrected chi connectivity index (χ1v) is 7.73. The Morgan fingerprint density at radius 2 is 2.05 bits per heavy atom. The third-order valence-electron chi connectivity index (χ3n) is 4.17. The first-order valence-electron chi connectivity index (χ1n) is 6.93. The van der Waals surface area contributed by atoms with E-state index in [4.69, 9.17) is 10.5 Å². The first kappa shape index (κ1) is 15.9. The van der Waals surface area contributed by atoms with Crippen LogP contribution in [-0.4, -0.2) is 42.8 Å². The maximum absolute atomic E-state index is 13.3. The number of ether oxygens (including phenoxy) is 1. The van der Waals surface area contributed by atoms with Crippen molar-refractivity contribution in [3.63, 3.8) is 0 Å². The van der Waals surface area contributed by atoms with Crippen molar-refractivity contribution >= 4 is 15.9 Å². The molecule has 0 bridgehead atoms.